The lowest BCUT2D eigenvalue weighted by Gasteiger charge is -2.31. The predicted molar refractivity (Wildman–Crippen MR) is 113 cm³/mol. The van der Waals surface area contributed by atoms with Gasteiger partial charge in [0.25, 0.3) is 0 Å². The highest BCUT2D eigenvalue weighted by Gasteiger charge is 2.49. The van der Waals surface area contributed by atoms with Crippen LogP contribution in [0, 0.1) is 6.92 Å². The van der Waals surface area contributed by atoms with Crippen LogP contribution in [-0.4, -0.2) is 37.1 Å². The van der Waals surface area contributed by atoms with Crippen molar-refractivity contribution in [3.05, 3.63) is 72.3 Å². The summed E-state index contributed by atoms with van der Waals surface area (Å²) in [6.45, 7) is 2.64. The van der Waals surface area contributed by atoms with E-state index in [0.29, 0.717) is 17.1 Å². The summed E-state index contributed by atoms with van der Waals surface area (Å²) in [6, 6.07) is 22.5. The Morgan fingerprint density at radius 3 is 2.44 bits per heavy atom. The molecule has 2 saturated heterocycles. The first kappa shape index (κ1) is 17.4. The van der Waals surface area contributed by atoms with Gasteiger partial charge in [-0.3, -0.25) is 0 Å². The summed E-state index contributed by atoms with van der Waals surface area (Å²) in [6.07, 6.45) is 1.99. The van der Waals surface area contributed by atoms with E-state index in [1.807, 2.05) is 19.1 Å². The van der Waals surface area contributed by atoms with Crippen molar-refractivity contribution in [1.82, 2.24) is 4.31 Å². The molecule has 0 spiro atoms. The Bertz CT molecular complexity index is 1110. The molecule has 0 unspecified atom stereocenters. The Labute approximate surface area is 161 Å². The lowest BCUT2D eigenvalue weighted by Crippen LogP contribution is -2.40. The van der Waals surface area contributed by atoms with Gasteiger partial charge in [0, 0.05) is 12.6 Å². The van der Waals surface area contributed by atoms with Crippen LogP contribution >= 0.6 is 7.92 Å². The average molecular weight is 395 g/mol. The molecule has 3 nitrogen and oxygen atoms in total. The number of hydrogen-bond acceptors (Lipinski definition) is 2. The third-order valence-corrected chi connectivity index (χ3v) is 10.9. The van der Waals surface area contributed by atoms with Crippen molar-refractivity contribution in [2.24, 2.45) is 0 Å². The van der Waals surface area contributed by atoms with Crippen LogP contribution in [0.3, 0.4) is 0 Å². The van der Waals surface area contributed by atoms with Crippen molar-refractivity contribution in [3.8, 4) is 0 Å². The molecule has 0 saturated carbocycles. The second-order valence-corrected chi connectivity index (χ2v) is 12.0. The molecule has 0 N–H and O–H groups in total. The molecule has 27 heavy (non-hydrogen) atoms. The minimum absolute atomic E-state index is 0.145. The van der Waals surface area contributed by atoms with E-state index in [-0.39, 0.29) is 14.0 Å². The number of benzene rings is 3. The summed E-state index contributed by atoms with van der Waals surface area (Å²) in [5.41, 5.74) is 1.55. The van der Waals surface area contributed by atoms with Crippen LogP contribution in [0.4, 0.5) is 0 Å². The number of fused-ring (bicyclic) bond motifs is 3. The summed E-state index contributed by atoms with van der Waals surface area (Å²) in [5.74, 6) is 0. The molecule has 2 aliphatic heterocycles. The maximum atomic E-state index is 13.1. The second kappa shape index (κ2) is 6.41. The van der Waals surface area contributed by atoms with Crippen LogP contribution in [0.1, 0.15) is 12.0 Å². The van der Waals surface area contributed by atoms with E-state index in [4.69, 9.17) is 0 Å². The summed E-state index contributed by atoms with van der Waals surface area (Å²) >= 11 is 0. The molecule has 0 aliphatic carbocycles. The van der Waals surface area contributed by atoms with Crippen molar-refractivity contribution in [3.63, 3.8) is 0 Å². The van der Waals surface area contributed by atoms with Gasteiger partial charge < -0.3 is 0 Å². The fourth-order valence-electron chi connectivity index (χ4n) is 4.52. The number of rotatable bonds is 3. The van der Waals surface area contributed by atoms with Crippen molar-refractivity contribution in [1.29, 1.82) is 0 Å². The zero-order chi connectivity index (χ0) is 18.6. The topological polar surface area (TPSA) is 37.4 Å². The van der Waals surface area contributed by atoms with Crippen LogP contribution in [0.25, 0.3) is 10.8 Å². The van der Waals surface area contributed by atoms with E-state index in [1.165, 1.54) is 16.1 Å². The zero-order valence-electron chi connectivity index (χ0n) is 15.2. The standard InChI is InChI=1S/C22H22NO2PS/c1-16-9-11-20(12-10-16)27(24,25)23-14-19-13-18(23)15-26(19)22-8-4-6-17-5-2-3-7-21(17)22/h2-12,18-19H,13-15H2,1H3/t18-,19-,26+/m0/s1. The van der Waals surface area contributed by atoms with Crippen molar-refractivity contribution in [2.45, 2.75) is 29.9 Å². The van der Waals surface area contributed by atoms with E-state index in [9.17, 15) is 8.42 Å². The molecular weight excluding hydrogens is 373 g/mol. The van der Waals surface area contributed by atoms with Gasteiger partial charge in [0.05, 0.1) is 4.90 Å². The Balaban J connectivity index is 1.44. The first-order valence-corrected chi connectivity index (χ1v) is 12.4. The van der Waals surface area contributed by atoms with Gasteiger partial charge in [0.2, 0.25) is 10.0 Å². The summed E-state index contributed by atoms with van der Waals surface area (Å²) < 4.78 is 28.0. The summed E-state index contributed by atoms with van der Waals surface area (Å²) in [4.78, 5) is 0.426. The SMILES string of the molecule is Cc1ccc(S(=O)(=O)N2C[C@@H]3C[C@H]2C[P@@]3c2cccc3ccccc23)cc1. The number of sulfonamides is 1. The van der Waals surface area contributed by atoms with E-state index < -0.39 is 10.0 Å². The van der Waals surface area contributed by atoms with E-state index >= 15 is 0 Å². The highest BCUT2D eigenvalue weighted by Crippen LogP contribution is 2.56. The highest BCUT2D eigenvalue weighted by atomic mass is 32.2. The van der Waals surface area contributed by atoms with Crippen molar-refractivity contribution >= 4 is 34.0 Å². The van der Waals surface area contributed by atoms with Crippen LogP contribution in [0.5, 0.6) is 0 Å². The molecule has 3 aromatic carbocycles. The van der Waals surface area contributed by atoms with Crippen molar-refractivity contribution < 1.29 is 8.42 Å². The van der Waals surface area contributed by atoms with Gasteiger partial charge in [-0.25, -0.2) is 8.42 Å². The van der Waals surface area contributed by atoms with Crippen LogP contribution in [-0.2, 0) is 10.0 Å². The molecule has 0 amide bonds. The van der Waals surface area contributed by atoms with Gasteiger partial charge in [-0.1, -0.05) is 68.1 Å². The molecule has 2 aliphatic rings. The second-order valence-electron chi connectivity index (χ2n) is 7.58. The molecule has 2 bridgehead atoms. The zero-order valence-corrected chi connectivity index (χ0v) is 17.0. The minimum Gasteiger partial charge on any atom is -0.207 e. The number of nitrogens with zero attached hydrogens (tertiary/aromatic N) is 1. The lowest BCUT2D eigenvalue weighted by atomic mass is 10.1. The van der Waals surface area contributed by atoms with Crippen LogP contribution in [0.2, 0.25) is 0 Å². The van der Waals surface area contributed by atoms with Crippen molar-refractivity contribution in [2.75, 3.05) is 12.7 Å². The number of hydrogen-bond donors (Lipinski definition) is 0. The van der Waals surface area contributed by atoms with Gasteiger partial charge >= 0.3 is 0 Å². The molecule has 5 heteroatoms. The fraction of sp³-hybridized carbons (Fsp3) is 0.273. The van der Waals surface area contributed by atoms with Gasteiger partial charge in [-0.15, -0.1) is 0 Å². The molecule has 0 radical (unpaired) electrons. The minimum atomic E-state index is -3.39. The molecule has 138 valence electrons. The first-order chi connectivity index (χ1) is 13.0. The maximum Gasteiger partial charge on any atom is 0.243 e. The maximum absolute atomic E-state index is 13.1. The molecule has 3 atom stereocenters. The molecule has 2 fully saturated rings. The van der Waals surface area contributed by atoms with Gasteiger partial charge in [0.15, 0.2) is 0 Å². The van der Waals surface area contributed by atoms with Gasteiger partial charge in [-0.2, -0.15) is 4.31 Å². The van der Waals surface area contributed by atoms with Gasteiger partial charge in [0.1, 0.15) is 0 Å². The smallest absolute Gasteiger partial charge is 0.207 e. The summed E-state index contributed by atoms with van der Waals surface area (Å²) in [5, 5.41) is 4.07. The largest absolute Gasteiger partial charge is 0.243 e. The Hall–Kier alpha value is -1.74. The Morgan fingerprint density at radius 2 is 1.70 bits per heavy atom. The number of aryl methyl sites for hydroxylation is 1. The first-order valence-electron chi connectivity index (χ1n) is 9.37. The lowest BCUT2D eigenvalue weighted by molar-refractivity contribution is 0.408. The third-order valence-electron chi connectivity index (χ3n) is 5.89. The highest BCUT2D eigenvalue weighted by molar-refractivity contribution is 7.89. The normalized spacial score (nSPS) is 25.3. The predicted octanol–water partition coefficient (Wildman–Crippen LogP) is 4.10. The van der Waals surface area contributed by atoms with E-state index in [0.717, 1.165) is 18.1 Å². The quantitative estimate of drug-likeness (QED) is 0.626. The molecular formula is C22H22NO2PS. The molecule has 0 aromatic heterocycles. The average Bonchev–Trinajstić information content (AvgIpc) is 3.29. The van der Waals surface area contributed by atoms with Crippen LogP contribution < -0.4 is 5.30 Å². The van der Waals surface area contributed by atoms with E-state index in [1.54, 1.807) is 16.4 Å². The summed E-state index contributed by atoms with van der Waals surface area (Å²) in [7, 11) is -3.70. The van der Waals surface area contributed by atoms with Gasteiger partial charge in [-0.05, 0) is 53.4 Å². The fourth-order valence-corrected chi connectivity index (χ4v) is 9.78. The monoisotopic (exact) mass is 395 g/mol. The Kier molecular flexibility index (Phi) is 4.12. The Morgan fingerprint density at radius 1 is 0.963 bits per heavy atom. The van der Waals surface area contributed by atoms with Crippen LogP contribution in [0.15, 0.2) is 71.6 Å². The molecule has 3 aromatic rings. The molecule has 5 rings (SSSR count). The van der Waals surface area contributed by atoms with E-state index in [2.05, 4.69) is 42.5 Å². The molecule has 2 heterocycles. The third kappa shape index (κ3) is 2.82.